The largest absolute Gasteiger partial charge is 0.481 e. The molecule has 3 aliphatic carbocycles. The molecule has 13 nitrogen and oxygen atoms in total. The van der Waals surface area contributed by atoms with Gasteiger partial charge in [0.15, 0.2) is 0 Å². The van der Waals surface area contributed by atoms with Crippen LogP contribution in [0.25, 0.3) is 0 Å². The van der Waals surface area contributed by atoms with E-state index in [0.29, 0.717) is 17.5 Å². The second-order valence-electron chi connectivity index (χ2n) is 13.2. The summed E-state index contributed by atoms with van der Waals surface area (Å²) in [7, 11) is 1.44. The zero-order valence-corrected chi connectivity index (χ0v) is 27.7. The lowest BCUT2D eigenvalue weighted by Gasteiger charge is -2.35. The molecule has 0 bridgehead atoms. The SMILES string of the molecule is C=C[C@@H]1C[C@]1(NC(=O)[C@@H]1CN(c2cc(OC)nc(Cl)n2)CN1C(=O)[C@@H](NC(=O)OC1CCCC1)C(C)(C)C)C(=O)NSC1CC1. The molecule has 5 rings (SSSR count). The molecule has 0 aromatic carbocycles. The van der Waals surface area contributed by atoms with Crippen molar-refractivity contribution in [2.24, 2.45) is 11.3 Å². The zero-order valence-electron chi connectivity index (χ0n) is 26.1. The Kier molecular flexibility index (Phi) is 9.73. The highest BCUT2D eigenvalue weighted by atomic mass is 35.5. The predicted molar refractivity (Wildman–Crippen MR) is 169 cm³/mol. The van der Waals surface area contributed by atoms with Crippen LogP contribution in [0, 0.1) is 11.3 Å². The molecule has 3 saturated carbocycles. The molecular formula is C30H42ClN7O6S. The Bertz CT molecular complexity index is 1330. The van der Waals surface area contributed by atoms with E-state index in [0.717, 1.165) is 38.5 Å². The summed E-state index contributed by atoms with van der Waals surface area (Å²) in [5.41, 5.74) is -1.88. The van der Waals surface area contributed by atoms with E-state index in [1.807, 2.05) is 20.8 Å². The molecule has 4 atom stereocenters. The van der Waals surface area contributed by atoms with Crippen LogP contribution in [-0.4, -0.2) is 88.0 Å². The van der Waals surface area contributed by atoms with Gasteiger partial charge in [0, 0.05) is 17.2 Å². The Labute approximate surface area is 272 Å². The number of aromatic nitrogens is 2. The Hall–Kier alpha value is -3.26. The molecule has 4 aliphatic rings. The van der Waals surface area contributed by atoms with E-state index in [9.17, 15) is 19.2 Å². The van der Waals surface area contributed by atoms with Crippen LogP contribution in [0.15, 0.2) is 18.7 Å². The minimum Gasteiger partial charge on any atom is -0.481 e. The predicted octanol–water partition coefficient (Wildman–Crippen LogP) is 3.18. The van der Waals surface area contributed by atoms with E-state index in [-0.39, 0.29) is 42.3 Å². The lowest BCUT2D eigenvalue weighted by atomic mass is 9.85. The molecule has 15 heteroatoms. The minimum absolute atomic E-state index is 0.0407. The smallest absolute Gasteiger partial charge is 0.408 e. The first kappa shape index (κ1) is 33.1. The Morgan fingerprint density at radius 2 is 1.89 bits per heavy atom. The summed E-state index contributed by atoms with van der Waals surface area (Å²) in [5, 5.41) is 6.07. The van der Waals surface area contributed by atoms with E-state index in [4.69, 9.17) is 21.1 Å². The summed E-state index contributed by atoms with van der Waals surface area (Å²) < 4.78 is 13.8. The molecule has 45 heavy (non-hydrogen) atoms. The third-order valence-electron chi connectivity index (χ3n) is 8.72. The number of alkyl carbamates (subject to hydrolysis) is 1. The number of methoxy groups -OCH3 is 1. The van der Waals surface area contributed by atoms with Crippen molar-refractivity contribution in [3.05, 3.63) is 24.0 Å². The first-order valence-electron chi connectivity index (χ1n) is 15.4. The number of nitrogens with zero attached hydrogens (tertiary/aromatic N) is 4. The number of halogens is 1. The highest BCUT2D eigenvalue weighted by molar-refractivity contribution is 7.98. The van der Waals surface area contributed by atoms with Crippen LogP contribution in [0.5, 0.6) is 5.88 Å². The van der Waals surface area contributed by atoms with Crippen LogP contribution >= 0.6 is 23.5 Å². The summed E-state index contributed by atoms with van der Waals surface area (Å²) in [4.78, 5) is 66.1. The van der Waals surface area contributed by atoms with Gasteiger partial charge in [0.05, 0.1) is 20.3 Å². The number of hydrogen-bond acceptors (Lipinski definition) is 10. The van der Waals surface area contributed by atoms with E-state index < -0.39 is 40.9 Å². The molecule has 2 heterocycles. The van der Waals surface area contributed by atoms with Gasteiger partial charge in [0.2, 0.25) is 23.0 Å². The highest BCUT2D eigenvalue weighted by Crippen LogP contribution is 2.46. The van der Waals surface area contributed by atoms with Gasteiger partial charge in [0.25, 0.3) is 5.91 Å². The van der Waals surface area contributed by atoms with Crippen molar-refractivity contribution in [1.82, 2.24) is 30.2 Å². The second kappa shape index (κ2) is 13.2. The average molecular weight is 664 g/mol. The van der Waals surface area contributed by atoms with Crippen molar-refractivity contribution in [3.8, 4) is 5.88 Å². The monoisotopic (exact) mass is 663 g/mol. The molecule has 1 saturated heterocycles. The topological polar surface area (TPSA) is 155 Å². The number of hydrogen-bond donors (Lipinski definition) is 3. The third kappa shape index (κ3) is 7.59. The number of nitrogens with one attached hydrogen (secondary N) is 3. The molecule has 4 amide bonds. The summed E-state index contributed by atoms with van der Waals surface area (Å²) in [6, 6.07) is -0.479. The van der Waals surface area contributed by atoms with Crippen molar-refractivity contribution >= 4 is 53.2 Å². The average Bonchev–Trinajstić information content (AvgIpc) is 3.83. The summed E-state index contributed by atoms with van der Waals surface area (Å²) in [6.07, 6.45) is 6.85. The molecule has 246 valence electrons. The zero-order chi connectivity index (χ0) is 32.5. The summed E-state index contributed by atoms with van der Waals surface area (Å²) in [6.45, 7) is 9.35. The van der Waals surface area contributed by atoms with E-state index in [2.05, 4.69) is 31.9 Å². The van der Waals surface area contributed by atoms with E-state index in [1.165, 1.54) is 24.0 Å². The standard InChI is InChI=1S/C30H42ClN7O6S/c1-6-17-14-30(17,26(41)36-45-19-11-12-19)35-24(39)20-15-37(21-13-22(43-5)33-27(31)32-21)16-38(20)25(40)23(29(2,3)4)34-28(42)44-18-9-7-8-10-18/h6,13,17-20,23H,1,7-12,14-16H2,2-5H3,(H,34,42)(H,35,39)(H,36,41)/t17-,20+,23-,30-/m1/s1. The number of carbonyl (C=O) groups is 4. The molecule has 3 N–H and O–H groups in total. The maximum atomic E-state index is 14.3. The number of anilines is 1. The van der Waals surface area contributed by atoms with Crippen molar-refractivity contribution in [2.75, 3.05) is 25.2 Å². The number of carbonyl (C=O) groups excluding carboxylic acids is 4. The fourth-order valence-electron chi connectivity index (χ4n) is 5.79. The van der Waals surface area contributed by atoms with E-state index in [1.54, 1.807) is 17.0 Å². The Morgan fingerprint density at radius 3 is 2.49 bits per heavy atom. The van der Waals surface area contributed by atoms with Gasteiger partial charge in [0.1, 0.15) is 29.5 Å². The Morgan fingerprint density at radius 1 is 1.18 bits per heavy atom. The molecule has 0 radical (unpaired) electrons. The first-order chi connectivity index (χ1) is 21.3. The van der Waals surface area contributed by atoms with Gasteiger partial charge in [-0.3, -0.25) is 19.1 Å². The fourth-order valence-corrected chi connectivity index (χ4v) is 6.79. The van der Waals surface area contributed by atoms with Gasteiger partial charge in [-0.25, -0.2) is 9.78 Å². The highest BCUT2D eigenvalue weighted by Gasteiger charge is 2.61. The van der Waals surface area contributed by atoms with Crippen LogP contribution in [0.3, 0.4) is 0 Å². The maximum Gasteiger partial charge on any atom is 0.408 e. The van der Waals surface area contributed by atoms with Crippen molar-refractivity contribution < 1.29 is 28.7 Å². The van der Waals surface area contributed by atoms with Crippen molar-refractivity contribution in [2.45, 2.75) is 94.7 Å². The molecule has 4 fully saturated rings. The molecule has 0 spiro atoms. The quantitative estimate of drug-likeness (QED) is 0.183. The van der Waals surface area contributed by atoms with Gasteiger partial charge >= 0.3 is 6.09 Å². The first-order valence-corrected chi connectivity index (χ1v) is 16.6. The van der Waals surface area contributed by atoms with Crippen LogP contribution < -0.4 is 25.0 Å². The van der Waals surface area contributed by atoms with Crippen LogP contribution in [-0.2, 0) is 19.1 Å². The van der Waals surface area contributed by atoms with E-state index >= 15 is 0 Å². The van der Waals surface area contributed by atoms with Gasteiger partial charge < -0.3 is 29.9 Å². The molecule has 1 aromatic heterocycles. The van der Waals surface area contributed by atoms with Gasteiger partial charge in [-0.05, 0) is 73.9 Å². The molecule has 1 aromatic rings. The van der Waals surface area contributed by atoms with Crippen LogP contribution in [0.4, 0.5) is 10.6 Å². The summed E-state index contributed by atoms with van der Waals surface area (Å²) in [5.74, 6) is -0.946. The molecular weight excluding hydrogens is 622 g/mol. The van der Waals surface area contributed by atoms with Gasteiger partial charge in [-0.2, -0.15) is 4.98 Å². The normalized spacial score (nSPS) is 25.4. The summed E-state index contributed by atoms with van der Waals surface area (Å²) >= 11 is 7.53. The third-order valence-corrected chi connectivity index (χ3v) is 9.99. The number of rotatable bonds is 11. The van der Waals surface area contributed by atoms with Crippen LogP contribution in [0.2, 0.25) is 5.28 Å². The van der Waals surface area contributed by atoms with Gasteiger partial charge in [-0.15, -0.1) is 6.58 Å². The molecule has 0 unspecified atom stereocenters. The number of ether oxygens (including phenoxy) is 2. The fraction of sp³-hybridized carbons (Fsp3) is 0.667. The second-order valence-corrected chi connectivity index (χ2v) is 14.7. The van der Waals surface area contributed by atoms with Crippen molar-refractivity contribution in [1.29, 1.82) is 0 Å². The Balaban J connectivity index is 1.40. The van der Waals surface area contributed by atoms with Crippen LogP contribution in [0.1, 0.15) is 65.7 Å². The minimum atomic E-state index is -1.16. The lowest BCUT2D eigenvalue weighted by Crippen LogP contribution is -2.60. The maximum absolute atomic E-state index is 14.3. The lowest BCUT2D eigenvalue weighted by molar-refractivity contribution is -0.142. The van der Waals surface area contributed by atoms with Crippen molar-refractivity contribution in [3.63, 3.8) is 0 Å². The molecule has 1 aliphatic heterocycles. The van der Waals surface area contributed by atoms with Gasteiger partial charge in [-0.1, -0.05) is 26.8 Å². The number of amides is 4.